The second-order valence-electron chi connectivity index (χ2n) is 5.42. The molecule has 24 heavy (non-hydrogen) atoms. The van der Waals surface area contributed by atoms with Crippen molar-refractivity contribution in [2.75, 3.05) is 5.43 Å². The molecule has 0 aromatic carbocycles. The average molecular weight is 343 g/mol. The lowest BCUT2D eigenvalue weighted by molar-refractivity contribution is -0.402. The van der Waals surface area contributed by atoms with Gasteiger partial charge in [-0.1, -0.05) is 0 Å². The number of aromatic nitrogens is 2. The number of rotatable bonds is 4. The summed E-state index contributed by atoms with van der Waals surface area (Å²) in [6, 6.07) is 2.78. The Kier molecular flexibility index (Phi) is 3.69. The number of nitrogens with one attached hydrogen (secondary N) is 1. The van der Waals surface area contributed by atoms with E-state index >= 15 is 0 Å². The summed E-state index contributed by atoms with van der Waals surface area (Å²) in [5.41, 5.74) is 4.22. The molecule has 4 rings (SSSR count). The summed E-state index contributed by atoms with van der Waals surface area (Å²) in [5, 5.41) is 15.7. The average Bonchev–Trinajstić information content (AvgIpc) is 3.19. The van der Waals surface area contributed by atoms with Crippen molar-refractivity contribution in [3.05, 3.63) is 44.8 Å². The molecule has 3 heterocycles. The van der Waals surface area contributed by atoms with Crippen molar-refractivity contribution in [2.24, 2.45) is 5.10 Å². The zero-order valence-electron chi connectivity index (χ0n) is 12.6. The number of hydrazone groups is 1. The number of furan rings is 1. The van der Waals surface area contributed by atoms with Gasteiger partial charge < -0.3 is 4.42 Å². The highest BCUT2D eigenvalue weighted by molar-refractivity contribution is 7.19. The van der Waals surface area contributed by atoms with Crippen molar-refractivity contribution in [3.63, 3.8) is 0 Å². The fourth-order valence-corrected chi connectivity index (χ4v) is 4.07. The predicted molar refractivity (Wildman–Crippen MR) is 90.6 cm³/mol. The third-order valence-electron chi connectivity index (χ3n) is 3.91. The molecule has 0 spiro atoms. The Balaban J connectivity index is 1.61. The van der Waals surface area contributed by atoms with E-state index in [-0.39, 0.29) is 5.88 Å². The van der Waals surface area contributed by atoms with Crippen LogP contribution in [0.5, 0.6) is 0 Å². The summed E-state index contributed by atoms with van der Waals surface area (Å²) in [6.45, 7) is 0. The standard InChI is InChI=1S/C15H13N5O3S/c21-20(22)12-6-5-9(23-12)7-18-19-14-13-10-3-1-2-4-11(10)24-15(13)17-8-16-14/h5-8H,1-4H2,(H,16,17,19). The lowest BCUT2D eigenvalue weighted by Gasteiger charge is -2.11. The largest absolute Gasteiger partial charge is 0.433 e. The number of nitrogens with zero attached hydrogens (tertiary/aromatic N) is 4. The second-order valence-corrected chi connectivity index (χ2v) is 6.50. The van der Waals surface area contributed by atoms with Gasteiger partial charge in [-0.15, -0.1) is 11.3 Å². The van der Waals surface area contributed by atoms with Crippen LogP contribution in [-0.4, -0.2) is 21.1 Å². The maximum Gasteiger partial charge on any atom is 0.433 e. The van der Waals surface area contributed by atoms with E-state index in [9.17, 15) is 10.1 Å². The van der Waals surface area contributed by atoms with E-state index in [0.717, 1.165) is 23.1 Å². The molecule has 1 N–H and O–H groups in total. The molecule has 3 aromatic heterocycles. The van der Waals surface area contributed by atoms with Gasteiger partial charge in [0.15, 0.2) is 11.6 Å². The Morgan fingerprint density at radius 3 is 3.04 bits per heavy atom. The van der Waals surface area contributed by atoms with Crippen LogP contribution in [0.1, 0.15) is 29.0 Å². The minimum Gasteiger partial charge on any atom is -0.400 e. The molecule has 0 amide bonds. The Labute approximate surface area is 140 Å². The first-order valence-corrected chi connectivity index (χ1v) is 8.32. The minimum atomic E-state index is -0.587. The molecule has 9 heteroatoms. The van der Waals surface area contributed by atoms with Gasteiger partial charge in [-0.3, -0.25) is 15.5 Å². The monoisotopic (exact) mass is 343 g/mol. The van der Waals surface area contributed by atoms with E-state index in [0.29, 0.717) is 11.6 Å². The summed E-state index contributed by atoms with van der Waals surface area (Å²) in [7, 11) is 0. The number of fused-ring (bicyclic) bond motifs is 3. The fraction of sp³-hybridized carbons (Fsp3) is 0.267. The van der Waals surface area contributed by atoms with E-state index in [1.165, 1.54) is 48.0 Å². The maximum absolute atomic E-state index is 10.6. The molecule has 0 bridgehead atoms. The minimum absolute atomic E-state index is 0.298. The van der Waals surface area contributed by atoms with E-state index in [4.69, 9.17) is 4.42 Å². The highest BCUT2D eigenvalue weighted by Gasteiger charge is 2.19. The van der Waals surface area contributed by atoms with Crippen LogP contribution in [0.15, 0.2) is 28.0 Å². The predicted octanol–water partition coefficient (Wildman–Crippen LogP) is 3.52. The van der Waals surface area contributed by atoms with Crippen LogP contribution in [0.2, 0.25) is 0 Å². The van der Waals surface area contributed by atoms with Crippen molar-refractivity contribution >= 4 is 39.5 Å². The maximum atomic E-state index is 10.6. The molecule has 122 valence electrons. The molecule has 8 nitrogen and oxygen atoms in total. The van der Waals surface area contributed by atoms with Crippen LogP contribution in [-0.2, 0) is 12.8 Å². The molecule has 0 fully saturated rings. The van der Waals surface area contributed by atoms with Crippen molar-refractivity contribution in [2.45, 2.75) is 25.7 Å². The molecule has 3 aromatic rings. The van der Waals surface area contributed by atoms with Crippen molar-refractivity contribution in [3.8, 4) is 0 Å². The first kappa shape index (κ1) is 14.8. The highest BCUT2D eigenvalue weighted by atomic mass is 32.1. The van der Waals surface area contributed by atoms with E-state index in [1.807, 2.05) is 0 Å². The van der Waals surface area contributed by atoms with Gasteiger partial charge in [0.1, 0.15) is 16.1 Å². The van der Waals surface area contributed by atoms with Crippen LogP contribution in [0.3, 0.4) is 0 Å². The Morgan fingerprint density at radius 2 is 2.21 bits per heavy atom. The number of hydrogen-bond donors (Lipinski definition) is 1. The molecular weight excluding hydrogens is 330 g/mol. The molecule has 0 atom stereocenters. The van der Waals surface area contributed by atoms with Gasteiger partial charge in [-0.25, -0.2) is 9.97 Å². The number of nitro groups is 1. The fourth-order valence-electron chi connectivity index (χ4n) is 2.84. The Morgan fingerprint density at radius 1 is 1.33 bits per heavy atom. The van der Waals surface area contributed by atoms with Gasteiger partial charge >= 0.3 is 5.88 Å². The van der Waals surface area contributed by atoms with E-state index in [2.05, 4.69) is 20.5 Å². The molecule has 0 saturated carbocycles. The lowest BCUT2D eigenvalue weighted by Crippen LogP contribution is -2.00. The number of anilines is 1. The van der Waals surface area contributed by atoms with Gasteiger partial charge in [0, 0.05) is 4.88 Å². The normalized spacial score (nSPS) is 14.2. The zero-order valence-corrected chi connectivity index (χ0v) is 13.4. The number of aryl methyl sites for hydroxylation is 2. The van der Waals surface area contributed by atoms with Crippen LogP contribution >= 0.6 is 11.3 Å². The molecule has 0 saturated heterocycles. The Bertz CT molecular complexity index is 946. The smallest absolute Gasteiger partial charge is 0.400 e. The van der Waals surface area contributed by atoms with Gasteiger partial charge in [-0.2, -0.15) is 5.10 Å². The third-order valence-corrected chi connectivity index (χ3v) is 5.11. The van der Waals surface area contributed by atoms with Crippen LogP contribution in [0.4, 0.5) is 11.7 Å². The first-order valence-electron chi connectivity index (χ1n) is 7.51. The second kappa shape index (κ2) is 6.00. The van der Waals surface area contributed by atoms with E-state index < -0.39 is 4.92 Å². The number of hydrogen-bond acceptors (Lipinski definition) is 8. The van der Waals surface area contributed by atoms with Crippen LogP contribution in [0.25, 0.3) is 10.2 Å². The zero-order chi connectivity index (χ0) is 16.5. The van der Waals surface area contributed by atoms with Gasteiger partial charge in [0.25, 0.3) is 0 Å². The lowest BCUT2D eigenvalue weighted by atomic mass is 9.97. The molecule has 0 radical (unpaired) electrons. The van der Waals surface area contributed by atoms with Crippen molar-refractivity contribution in [1.82, 2.24) is 9.97 Å². The SMILES string of the molecule is O=[N+]([O-])c1ccc(C=NNc2ncnc3sc4c(c23)CCCC4)o1. The van der Waals surface area contributed by atoms with Gasteiger partial charge in [0.05, 0.1) is 17.7 Å². The quantitative estimate of drug-likeness (QED) is 0.441. The summed E-state index contributed by atoms with van der Waals surface area (Å²) in [4.78, 5) is 21.0. The highest BCUT2D eigenvalue weighted by Crippen LogP contribution is 2.38. The molecule has 0 aliphatic heterocycles. The Hall–Kier alpha value is -2.81. The first-order chi connectivity index (χ1) is 11.7. The summed E-state index contributed by atoms with van der Waals surface area (Å²) >= 11 is 1.71. The van der Waals surface area contributed by atoms with Crippen LogP contribution in [0, 0.1) is 10.1 Å². The molecular formula is C15H13N5O3S. The third kappa shape index (κ3) is 2.62. The van der Waals surface area contributed by atoms with E-state index in [1.54, 1.807) is 11.3 Å². The van der Waals surface area contributed by atoms with Crippen molar-refractivity contribution < 1.29 is 9.34 Å². The van der Waals surface area contributed by atoms with Crippen LogP contribution < -0.4 is 5.43 Å². The summed E-state index contributed by atoms with van der Waals surface area (Å²) < 4.78 is 5.03. The molecule has 1 aliphatic carbocycles. The number of thiophene rings is 1. The molecule has 0 unspecified atom stereocenters. The molecule has 1 aliphatic rings. The summed E-state index contributed by atoms with van der Waals surface area (Å²) in [5.74, 6) is 0.635. The topological polar surface area (TPSA) is 106 Å². The van der Waals surface area contributed by atoms with Gasteiger partial charge in [0.2, 0.25) is 0 Å². The van der Waals surface area contributed by atoms with Gasteiger partial charge in [-0.05, 0) is 37.3 Å². The van der Waals surface area contributed by atoms with Crippen molar-refractivity contribution in [1.29, 1.82) is 0 Å². The summed E-state index contributed by atoms with van der Waals surface area (Å²) in [6.07, 6.45) is 7.41.